The van der Waals surface area contributed by atoms with Crippen LogP contribution in [0.5, 0.6) is 0 Å². The summed E-state index contributed by atoms with van der Waals surface area (Å²) in [4.78, 5) is 24.4. The number of nitrogens with two attached hydrogens (primary N) is 1. The number of hydrazine groups is 1. The van der Waals surface area contributed by atoms with Gasteiger partial charge in [0, 0.05) is 18.9 Å². The van der Waals surface area contributed by atoms with E-state index in [4.69, 9.17) is 5.84 Å². The van der Waals surface area contributed by atoms with E-state index in [0.29, 0.717) is 13.0 Å². The van der Waals surface area contributed by atoms with Crippen molar-refractivity contribution in [2.75, 3.05) is 13.1 Å². The minimum absolute atomic E-state index is 0.00227. The molecule has 0 bridgehead atoms. The van der Waals surface area contributed by atoms with Gasteiger partial charge in [-0.2, -0.15) is 0 Å². The lowest BCUT2D eigenvalue weighted by Crippen LogP contribution is -2.41. The van der Waals surface area contributed by atoms with Crippen LogP contribution in [0.2, 0.25) is 0 Å². The van der Waals surface area contributed by atoms with Crippen LogP contribution in [0.4, 0.5) is 0 Å². The van der Waals surface area contributed by atoms with Gasteiger partial charge in [0.05, 0.1) is 0 Å². The van der Waals surface area contributed by atoms with E-state index in [2.05, 4.69) is 0 Å². The topological polar surface area (TPSA) is 75.4 Å². The summed E-state index contributed by atoms with van der Waals surface area (Å²) in [5.41, 5.74) is 3.17. The fourth-order valence-electron chi connectivity index (χ4n) is 2.09. The zero-order valence-corrected chi connectivity index (χ0v) is 9.43. The van der Waals surface area contributed by atoms with E-state index in [1.165, 1.54) is 0 Å². The van der Waals surface area contributed by atoms with Crippen LogP contribution in [0.1, 0.15) is 17.9 Å². The second kappa shape index (κ2) is 4.97. The third-order valence-corrected chi connectivity index (χ3v) is 2.98. The lowest BCUT2D eigenvalue weighted by Gasteiger charge is -2.15. The van der Waals surface area contributed by atoms with Gasteiger partial charge in [0.15, 0.2) is 0 Å². The van der Waals surface area contributed by atoms with Crippen LogP contribution < -0.4 is 11.3 Å². The molecule has 5 heteroatoms. The molecular formula is C12H15N3O2. The highest BCUT2D eigenvalue weighted by atomic mass is 16.2. The van der Waals surface area contributed by atoms with Crippen molar-refractivity contribution >= 4 is 11.8 Å². The summed E-state index contributed by atoms with van der Waals surface area (Å²) in [5, 5.41) is 0. The van der Waals surface area contributed by atoms with Gasteiger partial charge in [-0.25, -0.2) is 5.84 Å². The number of likely N-dealkylation sites (tertiary alicyclic amines) is 1. The summed E-state index contributed by atoms with van der Waals surface area (Å²) in [5.74, 6) is 4.84. The van der Waals surface area contributed by atoms with Crippen molar-refractivity contribution in [3.63, 3.8) is 0 Å². The highest BCUT2D eigenvalue weighted by Crippen LogP contribution is 2.27. The zero-order chi connectivity index (χ0) is 12.3. The minimum Gasteiger partial charge on any atom is -0.333 e. The van der Waals surface area contributed by atoms with Crippen molar-refractivity contribution < 1.29 is 9.59 Å². The molecule has 2 amide bonds. The predicted octanol–water partition coefficient (Wildman–Crippen LogP) is -0.00760. The van der Waals surface area contributed by atoms with Gasteiger partial charge in [-0.1, -0.05) is 30.3 Å². The van der Waals surface area contributed by atoms with Gasteiger partial charge in [0.2, 0.25) is 5.91 Å². The van der Waals surface area contributed by atoms with Crippen molar-refractivity contribution in [2.45, 2.75) is 12.3 Å². The van der Waals surface area contributed by atoms with Crippen molar-refractivity contribution in [3.8, 4) is 0 Å². The Hall–Kier alpha value is -1.88. The fraction of sp³-hybridized carbons (Fsp3) is 0.333. The molecule has 0 radical (unpaired) electrons. The Morgan fingerprint density at radius 2 is 2.12 bits per heavy atom. The van der Waals surface area contributed by atoms with Gasteiger partial charge < -0.3 is 4.90 Å². The Kier molecular flexibility index (Phi) is 3.39. The second-order valence-corrected chi connectivity index (χ2v) is 4.15. The fourth-order valence-corrected chi connectivity index (χ4v) is 2.09. The first-order chi connectivity index (χ1) is 8.20. The minimum atomic E-state index is -0.341. The quantitative estimate of drug-likeness (QED) is 0.438. The number of hydrogen-bond acceptors (Lipinski definition) is 3. The molecule has 0 aromatic heterocycles. The molecule has 1 aliphatic heterocycles. The van der Waals surface area contributed by atoms with E-state index in [-0.39, 0.29) is 24.3 Å². The number of nitrogens with zero attached hydrogens (tertiary/aromatic N) is 1. The Morgan fingerprint density at radius 1 is 1.41 bits per heavy atom. The molecule has 1 aromatic carbocycles. The first-order valence-electron chi connectivity index (χ1n) is 5.53. The van der Waals surface area contributed by atoms with Crippen molar-refractivity contribution in [2.24, 2.45) is 5.84 Å². The molecule has 3 N–H and O–H groups in total. The summed E-state index contributed by atoms with van der Waals surface area (Å²) >= 11 is 0. The first kappa shape index (κ1) is 11.6. The third kappa shape index (κ3) is 2.62. The number of nitrogens with one attached hydrogen (secondary N) is 1. The Bertz CT molecular complexity index is 419. The number of hydrogen-bond donors (Lipinski definition) is 2. The summed E-state index contributed by atoms with van der Waals surface area (Å²) < 4.78 is 0. The highest BCUT2D eigenvalue weighted by Gasteiger charge is 2.31. The molecule has 1 aliphatic rings. The average molecular weight is 233 g/mol. The molecule has 0 saturated carbocycles. The maximum atomic E-state index is 11.7. The molecular weight excluding hydrogens is 218 g/mol. The van der Waals surface area contributed by atoms with Gasteiger partial charge >= 0.3 is 0 Å². The maximum Gasteiger partial charge on any atom is 0.253 e. The van der Waals surface area contributed by atoms with Crippen LogP contribution in [-0.4, -0.2) is 29.8 Å². The number of rotatable bonds is 3. The van der Waals surface area contributed by atoms with E-state index in [1.807, 2.05) is 35.8 Å². The summed E-state index contributed by atoms with van der Waals surface area (Å²) in [6.45, 7) is 0.620. The number of benzene rings is 1. The summed E-state index contributed by atoms with van der Waals surface area (Å²) in [7, 11) is 0. The van der Waals surface area contributed by atoms with Crippen LogP contribution in [-0.2, 0) is 9.59 Å². The molecule has 1 aromatic rings. The molecule has 1 atom stereocenters. The molecule has 90 valence electrons. The zero-order valence-electron chi connectivity index (χ0n) is 9.43. The van der Waals surface area contributed by atoms with Gasteiger partial charge in [0.25, 0.3) is 5.91 Å². The smallest absolute Gasteiger partial charge is 0.253 e. The van der Waals surface area contributed by atoms with Gasteiger partial charge in [-0.05, 0) is 5.56 Å². The molecule has 1 saturated heterocycles. The lowest BCUT2D eigenvalue weighted by molar-refractivity contribution is -0.133. The largest absolute Gasteiger partial charge is 0.333 e. The second-order valence-electron chi connectivity index (χ2n) is 4.15. The summed E-state index contributed by atoms with van der Waals surface area (Å²) in [6, 6.07) is 9.86. The van der Waals surface area contributed by atoms with Crippen molar-refractivity contribution in [1.29, 1.82) is 0 Å². The van der Waals surface area contributed by atoms with Crippen molar-refractivity contribution in [1.82, 2.24) is 10.3 Å². The van der Waals surface area contributed by atoms with E-state index in [0.717, 1.165) is 5.56 Å². The lowest BCUT2D eigenvalue weighted by atomic mass is 9.99. The van der Waals surface area contributed by atoms with Crippen LogP contribution >= 0.6 is 0 Å². The maximum absolute atomic E-state index is 11.7. The van der Waals surface area contributed by atoms with E-state index >= 15 is 0 Å². The normalized spacial score (nSPS) is 19.5. The van der Waals surface area contributed by atoms with E-state index in [1.54, 1.807) is 4.90 Å². The molecule has 17 heavy (non-hydrogen) atoms. The van der Waals surface area contributed by atoms with Crippen LogP contribution in [0, 0.1) is 0 Å². The van der Waals surface area contributed by atoms with Crippen molar-refractivity contribution in [3.05, 3.63) is 35.9 Å². The van der Waals surface area contributed by atoms with Gasteiger partial charge in [0.1, 0.15) is 6.54 Å². The Balaban J connectivity index is 2.02. The molecule has 0 unspecified atom stereocenters. The van der Waals surface area contributed by atoms with Crippen LogP contribution in [0.15, 0.2) is 30.3 Å². The predicted molar refractivity (Wildman–Crippen MR) is 62.7 cm³/mol. The van der Waals surface area contributed by atoms with E-state index in [9.17, 15) is 9.59 Å². The Labute approximate surface area is 99.6 Å². The number of carbonyl (C=O) groups excluding carboxylic acids is 2. The number of amides is 2. The molecule has 0 spiro atoms. The first-order valence-corrected chi connectivity index (χ1v) is 5.53. The monoisotopic (exact) mass is 233 g/mol. The molecule has 2 rings (SSSR count). The highest BCUT2D eigenvalue weighted by molar-refractivity contribution is 5.86. The van der Waals surface area contributed by atoms with Crippen LogP contribution in [0.25, 0.3) is 0 Å². The van der Waals surface area contributed by atoms with Crippen LogP contribution in [0.3, 0.4) is 0 Å². The number of carbonyl (C=O) groups is 2. The van der Waals surface area contributed by atoms with Gasteiger partial charge in [-0.3, -0.25) is 15.0 Å². The SMILES string of the molecule is NNC(=O)CN1C[C@@H](c2ccccc2)CC1=O. The van der Waals surface area contributed by atoms with E-state index < -0.39 is 0 Å². The molecule has 1 fully saturated rings. The standard InChI is InChI=1S/C12H15N3O2/c13-14-11(16)8-15-7-10(6-12(15)17)9-4-2-1-3-5-9/h1-5,10H,6-8,13H2,(H,14,16)/t10-/m0/s1. The van der Waals surface area contributed by atoms with Gasteiger partial charge in [-0.15, -0.1) is 0 Å². The third-order valence-electron chi connectivity index (χ3n) is 2.98. The molecule has 5 nitrogen and oxygen atoms in total. The average Bonchev–Trinajstić information content (AvgIpc) is 2.72. The molecule has 0 aliphatic carbocycles. The molecule has 1 heterocycles. The summed E-state index contributed by atoms with van der Waals surface area (Å²) in [6.07, 6.45) is 0.460. The Morgan fingerprint density at radius 3 is 2.76 bits per heavy atom.